The van der Waals surface area contributed by atoms with Gasteiger partial charge in [-0.05, 0) is 25.2 Å². The summed E-state index contributed by atoms with van der Waals surface area (Å²) in [7, 11) is 1.58. The van der Waals surface area contributed by atoms with Crippen molar-refractivity contribution in [3.8, 4) is 6.07 Å². The normalized spacial score (nSPS) is 22.4. The summed E-state index contributed by atoms with van der Waals surface area (Å²) in [5.74, 6) is -0.00130. The minimum Gasteiger partial charge on any atom is -0.386 e. The summed E-state index contributed by atoms with van der Waals surface area (Å²) in [5.41, 5.74) is -0.903. The molecule has 0 aliphatic heterocycles. The van der Waals surface area contributed by atoms with Gasteiger partial charge in [0.15, 0.2) is 0 Å². The lowest BCUT2D eigenvalue weighted by Gasteiger charge is -2.31. The molecule has 0 aromatic rings. The second kappa shape index (κ2) is 4.77. The highest BCUT2D eigenvalue weighted by molar-refractivity contribution is 5.06. The summed E-state index contributed by atoms with van der Waals surface area (Å²) in [6, 6.07) is 2.22. The second-order valence-electron chi connectivity index (χ2n) is 4.17. The van der Waals surface area contributed by atoms with Gasteiger partial charge in [-0.15, -0.1) is 0 Å². The maximum atomic E-state index is 10.4. The minimum atomic E-state index is -0.903. The molecule has 3 nitrogen and oxygen atoms in total. The number of nitriles is 1. The lowest BCUT2D eigenvalue weighted by atomic mass is 9.82. The van der Waals surface area contributed by atoms with E-state index in [2.05, 4.69) is 6.07 Å². The summed E-state index contributed by atoms with van der Waals surface area (Å²) in [6.45, 7) is 2.32. The zero-order chi connectivity index (χ0) is 10.6. The van der Waals surface area contributed by atoms with E-state index in [0.29, 0.717) is 0 Å². The predicted molar refractivity (Wildman–Crippen MR) is 53.6 cm³/mol. The number of rotatable bonds is 6. The summed E-state index contributed by atoms with van der Waals surface area (Å²) < 4.78 is 5.04. The van der Waals surface area contributed by atoms with Crippen molar-refractivity contribution in [1.82, 2.24) is 0 Å². The van der Waals surface area contributed by atoms with Crippen LogP contribution < -0.4 is 0 Å². The third-order valence-electron chi connectivity index (χ3n) is 3.00. The van der Waals surface area contributed by atoms with E-state index in [4.69, 9.17) is 10.00 Å². The molecule has 1 aliphatic carbocycles. The van der Waals surface area contributed by atoms with Crippen LogP contribution >= 0.6 is 0 Å². The van der Waals surface area contributed by atoms with Gasteiger partial charge in [0.2, 0.25) is 0 Å². The van der Waals surface area contributed by atoms with Crippen molar-refractivity contribution in [3.05, 3.63) is 0 Å². The molecule has 1 fully saturated rings. The molecular weight excluding hydrogens is 178 g/mol. The first-order valence-corrected chi connectivity index (χ1v) is 5.30. The molecule has 0 saturated heterocycles. The molecule has 0 heterocycles. The minimum absolute atomic E-state index is 0.277. The highest BCUT2D eigenvalue weighted by Gasteiger charge is 2.49. The average molecular weight is 197 g/mol. The number of methoxy groups -OCH3 is 1. The fourth-order valence-corrected chi connectivity index (χ4v) is 2.03. The van der Waals surface area contributed by atoms with Gasteiger partial charge in [-0.1, -0.05) is 13.3 Å². The Morgan fingerprint density at radius 1 is 1.64 bits per heavy atom. The second-order valence-corrected chi connectivity index (χ2v) is 4.17. The number of aliphatic hydroxyl groups is 1. The van der Waals surface area contributed by atoms with Gasteiger partial charge >= 0.3 is 0 Å². The van der Waals surface area contributed by atoms with Gasteiger partial charge in [0, 0.05) is 7.11 Å². The zero-order valence-electron chi connectivity index (χ0n) is 8.99. The molecule has 2 atom stereocenters. The molecule has 0 aromatic carbocycles. The average Bonchev–Trinajstić information content (AvgIpc) is 2.97. The van der Waals surface area contributed by atoms with Gasteiger partial charge in [0.1, 0.15) is 5.60 Å². The molecule has 1 aliphatic rings. The summed E-state index contributed by atoms with van der Waals surface area (Å²) in [5, 5.41) is 19.4. The van der Waals surface area contributed by atoms with Crippen LogP contribution in [0.5, 0.6) is 0 Å². The Bertz CT molecular complexity index is 220. The Morgan fingerprint density at radius 2 is 2.29 bits per heavy atom. The molecule has 1 N–H and O–H groups in total. The van der Waals surface area contributed by atoms with Gasteiger partial charge in [-0.25, -0.2) is 0 Å². The molecule has 80 valence electrons. The van der Waals surface area contributed by atoms with Crippen LogP contribution in [0.4, 0.5) is 0 Å². The van der Waals surface area contributed by atoms with Crippen LogP contribution in [-0.4, -0.2) is 24.4 Å². The Morgan fingerprint density at radius 3 is 2.64 bits per heavy atom. The Labute approximate surface area is 85.7 Å². The van der Waals surface area contributed by atoms with Crippen LogP contribution in [0.15, 0.2) is 0 Å². The van der Waals surface area contributed by atoms with Crippen molar-refractivity contribution in [2.45, 2.75) is 38.2 Å². The SMILES string of the molecule is CCCC(C#N)C(O)(COC)C1CC1. The third kappa shape index (κ3) is 2.26. The van der Waals surface area contributed by atoms with Crippen molar-refractivity contribution in [2.75, 3.05) is 13.7 Å². The van der Waals surface area contributed by atoms with Gasteiger partial charge < -0.3 is 9.84 Å². The van der Waals surface area contributed by atoms with E-state index in [-0.39, 0.29) is 18.4 Å². The van der Waals surface area contributed by atoms with E-state index in [1.807, 2.05) is 6.92 Å². The van der Waals surface area contributed by atoms with Gasteiger partial charge in [-0.2, -0.15) is 5.26 Å². The molecule has 1 rings (SSSR count). The maximum absolute atomic E-state index is 10.4. The standard InChI is InChI=1S/C11H19NO2/c1-3-4-10(7-12)11(13,8-14-2)9-5-6-9/h9-10,13H,3-6,8H2,1-2H3. The summed E-state index contributed by atoms with van der Waals surface area (Å²) >= 11 is 0. The van der Waals surface area contributed by atoms with Crippen molar-refractivity contribution in [1.29, 1.82) is 5.26 Å². The molecule has 0 bridgehead atoms. The summed E-state index contributed by atoms with van der Waals surface area (Å²) in [6.07, 6.45) is 3.74. The van der Waals surface area contributed by atoms with Crippen molar-refractivity contribution in [3.63, 3.8) is 0 Å². The molecule has 0 radical (unpaired) electrons. The third-order valence-corrected chi connectivity index (χ3v) is 3.00. The maximum Gasteiger partial charge on any atom is 0.106 e. The van der Waals surface area contributed by atoms with Gasteiger partial charge in [-0.3, -0.25) is 0 Å². The largest absolute Gasteiger partial charge is 0.386 e. The molecule has 3 heteroatoms. The highest BCUT2D eigenvalue weighted by atomic mass is 16.5. The molecule has 0 spiro atoms. The van der Waals surface area contributed by atoms with Gasteiger partial charge in [0.05, 0.1) is 18.6 Å². The molecule has 2 unspecified atom stereocenters. The fourth-order valence-electron chi connectivity index (χ4n) is 2.03. The van der Waals surface area contributed by atoms with E-state index in [0.717, 1.165) is 25.7 Å². The molecule has 1 saturated carbocycles. The van der Waals surface area contributed by atoms with Crippen LogP contribution in [0, 0.1) is 23.2 Å². The molecule has 0 aromatic heterocycles. The first-order valence-electron chi connectivity index (χ1n) is 5.30. The van der Waals surface area contributed by atoms with E-state index in [9.17, 15) is 5.11 Å². The van der Waals surface area contributed by atoms with Crippen LogP contribution in [0.25, 0.3) is 0 Å². The van der Waals surface area contributed by atoms with Crippen LogP contribution in [0.1, 0.15) is 32.6 Å². The fraction of sp³-hybridized carbons (Fsp3) is 0.909. The first-order chi connectivity index (χ1) is 6.69. The number of ether oxygens (including phenoxy) is 1. The smallest absolute Gasteiger partial charge is 0.106 e. The van der Waals surface area contributed by atoms with Crippen molar-refractivity contribution < 1.29 is 9.84 Å². The summed E-state index contributed by atoms with van der Waals surface area (Å²) in [4.78, 5) is 0. The molecule has 14 heavy (non-hydrogen) atoms. The predicted octanol–water partition coefficient (Wildman–Crippen LogP) is 1.71. The quantitative estimate of drug-likeness (QED) is 0.705. The van der Waals surface area contributed by atoms with E-state index in [1.165, 1.54) is 0 Å². The number of nitrogens with zero attached hydrogens (tertiary/aromatic N) is 1. The van der Waals surface area contributed by atoms with Gasteiger partial charge in [0.25, 0.3) is 0 Å². The Balaban J connectivity index is 2.68. The molecule has 0 amide bonds. The highest BCUT2D eigenvalue weighted by Crippen LogP contribution is 2.44. The van der Waals surface area contributed by atoms with Crippen LogP contribution in [0.2, 0.25) is 0 Å². The number of hydrogen-bond donors (Lipinski definition) is 1. The van der Waals surface area contributed by atoms with Crippen molar-refractivity contribution in [2.24, 2.45) is 11.8 Å². The number of hydrogen-bond acceptors (Lipinski definition) is 3. The van der Waals surface area contributed by atoms with Crippen LogP contribution in [-0.2, 0) is 4.74 Å². The Hall–Kier alpha value is -0.590. The monoisotopic (exact) mass is 197 g/mol. The lowest BCUT2D eigenvalue weighted by Crippen LogP contribution is -2.44. The van der Waals surface area contributed by atoms with E-state index < -0.39 is 5.60 Å². The van der Waals surface area contributed by atoms with Crippen molar-refractivity contribution >= 4 is 0 Å². The van der Waals surface area contributed by atoms with E-state index in [1.54, 1.807) is 7.11 Å². The Kier molecular flexibility index (Phi) is 3.91. The molecular formula is C11H19NO2. The zero-order valence-corrected chi connectivity index (χ0v) is 8.99. The first kappa shape index (κ1) is 11.5. The van der Waals surface area contributed by atoms with E-state index >= 15 is 0 Å². The lowest BCUT2D eigenvalue weighted by molar-refractivity contribution is -0.0773. The van der Waals surface area contributed by atoms with Crippen LogP contribution in [0.3, 0.4) is 0 Å². The topological polar surface area (TPSA) is 53.2 Å².